The first-order valence-electron chi connectivity index (χ1n) is 9.31. The van der Waals surface area contributed by atoms with Crippen molar-refractivity contribution in [1.29, 1.82) is 0 Å². The normalized spacial score (nSPS) is 16.9. The van der Waals surface area contributed by atoms with Gasteiger partial charge in [-0.25, -0.2) is 4.90 Å². The van der Waals surface area contributed by atoms with E-state index in [1.54, 1.807) is 31.4 Å². The zero-order chi connectivity index (χ0) is 19.7. The third-order valence-electron chi connectivity index (χ3n) is 5.18. The highest BCUT2D eigenvalue weighted by atomic mass is 16.5. The summed E-state index contributed by atoms with van der Waals surface area (Å²) in [4.78, 5) is 30.2. The van der Waals surface area contributed by atoms with E-state index in [-0.39, 0.29) is 11.8 Å². The van der Waals surface area contributed by atoms with Gasteiger partial charge in [0, 0.05) is 18.7 Å². The van der Waals surface area contributed by atoms with Crippen LogP contribution in [-0.2, 0) is 9.59 Å². The molecule has 0 unspecified atom stereocenters. The molecule has 0 saturated carbocycles. The Kier molecular flexibility index (Phi) is 4.77. The number of amides is 2. The first-order valence-corrected chi connectivity index (χ1v) is 9.31. The molecule has 2 aliphatic rings. The van der Waals surface area contributed by atoms with Gasteiger partial charge in [-0.05, 0) is 31.0 Å². The van der Waals surface area contributed by atoms with Crippen LogP contribution in [0.3, 0.4) is 0 Å². The second kappa shape index (κ2) is 7.38. The van der Waals surface area contributed by atoms with Crippen LogP contribution in [-0.4, -0.2) is 44.0 Å². The Morgan fingerprint density at radius 2 is 1.39 bits per heavy atom. The quantitative estimate of drug-likeness (QED) is 0.749. The molecule has 28 heavy (non-hydrogen) atoms. The number of methoxy groups -OCH3 is 2. The highest BCUT2D eigenvalue weighted by Crippen LogP contribution is 2.41. The molecule has 6 nitrogen and oxygen atoms in total. The summed E-state index contributed by atoms with van der Waals surface area (Å²) in [6.45, 7) is 1.51. The highest BCUT2D eigenvalue weighted by molar-refractivity contribution is 6.46. The lowest BCUT2D eigenvalue weighted by Crippen LogP contribution is -2.34. The Balaban J connectivity index is 1.89. The summed E-state index contributed by atoms with van der Waals surface area (Å²) in [5.74, 6) is 0.363. The fraction of sp³-hybridized carbons (Fsp3) is 0.273. The number of hydrogen-bond donors (Lipinski definition) is 0. The van der Waals surface area contributed by atoms with E-state index in [9.17, 15) is 9.59 Å². The summed E-state index contributed by atoms with van der Waals surface area (Å²) >= 11 is 0. The molecule has 1 saturated heterocycles. The third-order valence-corrected chi connectivity index (χ3v) is 5.18. The minimum Gasteiger partial charge on any atom is -0.496 e. The lowest BCUT2D eigenvalue weighted by molar-refractivity contribution is -0.120. The van der Waals surface area contributed by atoms with E-state index in [1.165, 1.54) is 12.0 Å². The van der Waals surface area contributed by atoms with Gasteiger partial charge in [-0.1, -0.05) is 30.3 Å². The minimum absolute atomic E-state index is 0.322. The maximum Gasteiger partial charge on any atom is 0.282 e. The zero-order valence-electron chi connectivity index (χ0n) is 16.0. The monoisotopic (exact) mass is 378 g/mol. The van der Waals surface area contributed by atoms with E-state index >= 15 is 0 Å². The first-order chi connectivity index (χ1) is 13.7. The highest BCUT2D eigenvalue weighted by Gasteiger charge is 2.44. The van der Waals surface area contributed by atoms with Crippen LogP contribution in [0.2, 0.25) is 0 Å². The Morgan fingerprint density at radius 1 is 0.786 bits per heavy atom. The number of nitrogens with zero attached hydrogens (tertiary/aromatic N) is 2. The van der Waals surface area contributed by atoms with Crippen LogP contribution in [0.15, 0.2) is 54.2 Å². The standard InChI is InChI=1S/C22H22N2O4/c1-27-17-11-5-3-9-15(17)19-20(23-13-7-8-14-23)22(26)24(21(19)25)16-10-4-6-12-18(16)28-2/h3-6,9-12H,7-8,13-14H2,1-2H3. The molecule has 0 aliphatic carbocycles. The fourth-order valence-corrected chi connectivity index (χ4v) is 3.88. The van der Waals surface area contributed by atoms with Crippen LogP contribution in [0.25, 0.3) is 5.57 Å². The largest absolute Gasteiger partial charge is 0.496 e. The number of hydrogen-bond acceptors (Lipinski definition) is 5. The molecule has 0 N–H and O–H groups in total. The molecule has 1 fully saturated rings. The van der Waals surface area contributed by atoms with Gasteiger partial charge in [-0.3, -0.25) is 9.59 Å². The van der Waals surface area contributed by atoms with Gasteiger partial charge < -0.3 is 14.4 Å². The number of carbonyl (C=O) groups is 2. The van der Waals surface area contributed by atoms with Gasteiger partial charge in [-0.2, -0.15) is 0 Å². The maximum absolute atomic E-state index is 13.5. The molecule has 2 aliphatic heterocycles. The average molecular weight is 378 g/mol. The fourth-order valence-electron chi connectivity index (χ4n) is 3.88. The molecule has 0 spiro atoms. The first kappa shape index (κ1) is 18.1. The van der Waals surface area contributed by atoms with E-state index in [0.717, 1.165) is 25.9 Å². The summed E-state index contributed by atoms with van der Waals surface area (Å²) in [7, 11) is 3.09. The lowest BCUT2D eigenvalue weighted by Gasteiger charge is -2.21. The summed E-state index contributed by atoms with van der Waals surface area (Å²) in [5.41, 5.74) is 1.90. The SMILES string of the molecule is COc1ccccc1C1=C(N2CCCC2)C(=O)N(c2ccccc2OC)C1=O. The Bertz CT molecular complexity index is 961. The Morgan fingerprint density at radius 3 is 2.07 bits per heavy atom. The van der Waals surface area contributed by atoms with Gasteiger partial charge in [0.15, 0.2) is 0 Å². The number of benzene rings is 2. The predicted octanol–water partition coefficient (Wildman–Crippen LogP) is 3.08. The van der Waals surface area contributed by atoms with Gasteiger partial charge in [0.2, 0.25) is 0 Å². The summed E-state index contributed by atoms with van der Waals surface area (Å²) in [5, 5.41) is 0. The number of ether oxygens (including phenoxy) is 2. The topological polar surface area (TPSA) is 59.1 Å². The third kappa shape index (κ3) is 2.81. The van der Waals surface area contributed by atoms with E-state index in [1.807, 2.05) is 29.2 Å². The Hall–Kier alpha value is -3.28. The van der Waals surface area contributed by atoms with Gasteiger partial charge in [0.1, 0.15) is 17.2 Å². The van der Waals surface area contributed by atoms with Crippen molar-refractivity contribution >= 4 is 23.1 Å². The number of carbonyl (C=O) groups excluding carboxylic acids is 2. The van der Waals surface area contributed by atoms with Gasteiger partial charge in [-0.15, -0.1) is 0 Å². The van der Waals surface area contributed by atoms with Crippen LogP contribution < -0.4 is 14.4 Å². The number of imide groups is 1. The predicted molar refractivity (Wildman–Crippen MR) is 106 cm³/mol. The molecule has 0 bridgehead atoms. The average Bonchev–Trinajstić information content (AvgIpc) is 3.34. The Labute approximate surface area is 164 Å². The molecular weight excluding hydrogens is 356 g/mol. The van der Waals surface area contributed by atoms with Crippen molar-refractivity contribution in [3.8, 4) is 11.5 Å². The van der Waals surface area contributed by atoms with Crippen molar-refractivity contribution in [2.24, 2.45) is 0 Å². The van der Waals surface area contributed by atoms with Gasteiger partial charge >= 0.3 is 0 Å². The van der Waals surface area contributed by atoms with Crippen molar-refractivity contribution in [1.82, 2.24) is 4.90 Å². The number of likely N-dealkylation sites (tertiary alicyclic amines) is 1. The van der Waals surface area contributed by atoms with Crippen molar-refractivity contribution in [2.75, 3.05) is 32.2 Å². The molecule has 6 heteroatoms. The van der Waals surface area contributed by atoms with Crippen molar-refractivity contribution in [3.63, 3.8) is 0 Å². The zero-order valence-corrected chi connectivity index (χ0v) is 16.0. The maximum atomic E-state index is 13.5. The van der Waals surface area contributed by atoms with Crippen molar-refractivity contribution in [2.45, 2.75) is 12.8 Å². The van der Waals surface area contributed by atoms with Crippen molar-refractivity contribution < 1.29 is 19.1 Å². The molecule has 144 valence electrons. The molecule has 2 amide bonds. The lowest BCUT2D eigenvalue weighted by atomic mass is 10.0. The number of anilines is 1. The number of rotatable bonds is 5. The van der Waals surface area contributed by atoms with Crippen LogP contribution in [0.1, 0.15) is 18.4 Å². The van der Waals surface area contributed by atoms with E-state index in [4.69, 9.17) is 9.47 Å². The molecule has 0 aromatic heterocycles. The summed E-state index contributed by atoms with van der Waals surface area (Å²) in [6, 6.07) is 14.4. The van der Waals surface area contributed by atoms with Gasteiger partial charge in [0.05, 0.1) is 25.5 Å². The molecule has 0 radical (unpaired) electrons. The molecule has 2 aromatic rings. The number of para-hydroxylation sites is 3. The molecule has 2 aromatic carbocycles. The molecule has 2 heterocycles. The smallest absolute Gasteiger partial charge is 0.282 e. The molecule has 4 rings (SSSR count). The second-order valence-electron chi connectivity index (χ2n) is 6.74. The van der Waals surface area contributed by atoms with Crippen LogP contribution in [0.4, 0.5) is 5.69 Å². The second-order valence-corrected chi connectivity index (χ2v) is 6.74. The molecule has 0 atom stereocenters. The van der Waals surface area contributed by atoms with Crippen LogP contribution in [0, 0.1) is 0 Å². The van der Waals surface area contributed by atoms with E-state index in [2.05, 4.69) is 0 Å². The summed E-state index contributed by atoms with van der Waals surface area (Å²) in [6.07, 6.45) is 2.00. The molecular formula is C22H22N2O4. The van der Waals surface area contributed by atoms with Gasteiger partial charge in [0.25, 0.3) is 11.8 Å². The van der Waals surface area contributed by atoms with Crippen LogP contribution >= 0.6 is 0 Å². The van der Waals surface area contributed by atoms with Crippen molar-refractivity contribution in [3.05, 3.63) is 59.8 Å². The van der Waals surface area contributed by atoms with E-state index in [0.29, 0.717) is 34.0 Å². The minimum atomic E-state index is -0.360. The van der Waals surface area contributed by atoms with Crippen LogP contribution in [0.5, 0.6) is 11.5 Å². The summed E-state index contributed by atoms with van der Waals surface area (Å²) < 4.78 is 10.9. The van der Waals surface area contributed by atoms with E-state index < -0.39 is 0 Å².